The van der Waals surface area contributed by atoms with Crippen molar-refractivity contribution in [2.24, 2.45) is 17.8 Å². The van der Waals surface area contributed by atoms with Crippen molar-refractivity contribution in [3.05, 3.63) is 0 Å². The average Bonchev–Trinajstić information content (AvgIpc) is 3.12. The van der Waals surface area contributed by atoms with E-state index in [9.17, 15) is 9.59 Å². The van der Waals surface area contributed by atoms with Crippen LogP contribution in [0.2, 0.25) is 0 Å². The standard InChI is InChI=1S/C13H21NO3/c1-8(9-2-3-9)14-12(15)10-4-6-11(7-5-10)13(16)17/h8-11H,2-7H2,1H3,(H,14,15)(H,16,17). The summed E-state index contributed by atoms with van der Waals surface area (Å²) in [5.74, 6) is -0.107. The van der Waals surface area contributed by atoms with Crippen LogP contribution in [0.5, 0.6) is 0 Å². The first kappa shape index (κ1) is 12.4. The highest BCUT2D eigenvalue weighted by molar-refractivity contribution is 5.79. The molecule has 2 N–H and O–H groups in total. The Balaban J connectivity index is 1.75. The lowest BCUT2D eigenvalue weighted by Crippen LogP contribution is -2.40. The number of aliphatic carboxylic acids is 1. The molecule has 0 heterocycles. The number of carbonyl (C=O) groups excluding carboxylic acids is 1. The summed E-state index contributed by atoms with van der Waals surface area (Å²) in [4.78, 5) is 22.8. The van der Waals surface area contributed by atoms with Crippen molar-refractivity contribution in [1.82, 2.24) is 5.32 Å². The highest BCUT2D eigenvalue weighted by Crippen LogP contribution is 2.33. The molecular formula is C13H21NO3. The lowest BCUT2D eigenvalue weighted by Gasteiger charge is -2.26. The van der Waals surface area contributed by atoms with Gasteiger partial charge in [-0.25, -0.2) is 0 Å². The maximum absolute atomic E-state index is 12.0. The number of carboxylic acids is 1. The van der Waals surface area contributed by atoms with Crippen LogP contribution in [0.1, 0.15) is 45.4 Å². The van der Waals surface area contributed by atoms with Gasteiger partial charge in [0.25, 0.3) is 0 Å². The second-order valence-corrected chi connectivity index (χ2v) is 5.52. The molecule has 4 nitrogen and oxygen atoms in total. The zero-order valence-electron chi connectivity index (χ0n) is 10.3. The Labute approximate surface area is 102 Å². The molecule has 2 rings (SSSR count). The lowest BCUT2D eigenvalue weighted by atomic mass is 9.81. The van der Waals surface area contributed by atoms with Gasteiger partial charge in [0.2, 0.25) is 5.91 Å². The fraction of sp³-hybridized carbons (Fsp3) is 0.846. The number of amides is 1. The second kappa shape index (κ2) is 5.07. The normalized spacial score (nSPS) is 30.6. The third-order valence-electron chi connectivity index (χ3n) is 4.15. The van der Waals surface area contributed by atoms with Crippen molar-refractivity contribution >= 4 is 11.9 Å². The minimum absolute atomic E-state index is 0.0341. The van der Waals surface area contributed by atoms with Crippen LogP contribution in [-0.4, -0.2) is 23.0 Å². The minimum atomic E-state index is -0.713. The monoisotopic (exact) mass is 239 g/mol. The van der Waals surface area contributed by atoms with Crippen molar-refractivity contribution in [2.75, 3.05) is 0 Å². The Morgan fingerprint density at radius 2 is 1.59 bits per heavy atom. The average molecular weight is 239 g/mol. The summed E-state index contributed by atoms with van der Waals surface area (Å²) in [5.41, 5.74) is 0. The summed E-state index contributed by atoms with van der Waals surface area (Å²) < 4.78 is 0. The number of hydrogen-bond acceptors (Lipinski definition) is 2. The van der Waals surface area contributed by atoms with Crippen LogP contribution in [0.25, 0.3) is 0 Å². The maximum Gasteiger partial charge on any atom is 0.306 e. The molecule has 17 heavy (non-hydrogen) atoms. The largest absolute Gasteiger partial charge is 0.481 e. The van der Waals surface area contributed by atoms with Crippen LogP contribution < -0.4 is 5.32 Å². The van der Waals surface area contributed by atoms with Crippen LogP contribution in [0.4, 0.5) is 0 Å². The predicted octanol–water partition coefficient (Wildman–Crippen LogP) is 1.79. The van der Waals surface area contributed by atoms with Gasteiger partial charge in [0, 0.05) is 12.0 Å². The molecule has 96 valence electrons. The quantitative estimate of drug-likeness (QED) is 0.786. The highest BCUT2D eigenvalue weighted by atomic mass is 16.4. The Morgan fingerprint density at radius 1 is 1.06 bits per heavy atom. The van der Waals surface area contributed by atoms with E-state index in [1.807, 2.05) is 0 Å². The summed E-state index contributed by atoms with van der Waals surface area (Å²) in [7, 11) is 0. The highest BCUT2D eigenvalue weighted by Gasteiger charge is 2.33. The molecule has 0 saturated heterocycles. The van der Waals surface area contributed by atoms with Gasteiger partial charge >= 0.3 is 5.97 Å². The summed E-state index contributed by atoms with van der Waals surface area (Å²) in [6, 6.07) is 0.291. The molecule has 2 saturated carbocycles. The summed E-state index contributed by atoms with van der Waals surface area (Å²) >= 11 is 0. The van der Waals surface area contributed by atoms with E-state index < -0.39 is 5.97 Å². The van der Waals surface area contributed by atoms with Crippen molar-refractivity contribution in [1.29, 1.82) is 0 Å². The smallest absolute Gasteiger partial charge is 0.306 e. The van der Waals surface area contributed by atoms with E-state index in [1.165, 1.54) is 12.8 Å². The molecule has 1 amide bonds. The SMILES string of the molecule is CC(NC(=O)C1CCC(C(=O)O)CC1)C1CC1. The van der Waals surface area contributed by atoms with Gasteiger partial charge < -0.3 is 10.4 Å². The molecular weight excluding hydrogens is 218 g/mol. The van der Waals surface area contributed by atoms with Gasteiger partial charge in [-0.1, -0.05) is 0 Å². The van der Waals surface area contributed by atoms with Crippen LogP contribution in [0.15, 0.2) is 0 Å². The molecule has 1 atom stereocenters. The molecule has 4 heteroatoms. The number of hydrogen-bond donors (Lipinski definition) is 2. The van der Waals surface area contributed by atoms with Crippen molar-refractivity contribution < 1.29 is 14.7 Å². The molecule has 2 fully saturated rings. The Morgan fingerprint density at radius 3 is 2.06 bits per heavy atom. The van der Waals surface area contributed by atoms with Gasteiger partial charge in [-0.3, -0.25) is 9.59 Å². The molecule has 0 aromatic heterocycles. The number of nitrogens with one attached hydrogen (secondary N) is 1. The number of rotatable bonds is 4. The second-order valence-electron chi connectivity index (χ2n) is 5.52. The summed E-state index contributed by atoms with van der Waals surface area (Å²) in [5, 5.41) is 12.0. The molecule has 2 aliphatic carbocycles. The molecule has 0 bridgehead atoms. The maximum atomic E-state index is 12.0. The van der Waals surface area contributed by atoms with Crippen LogP contribution in [0.3, 0.4) is 0 Å². The fourth-order valence-electron chi connectivity index (χ4n) is 2.66. The first-order chi connectivity index (χ1) is 8.08. The molecule has 0 spiro atoms. The van der Waals surface area contributed by atoms with Gasteiger partial charge in [-0.2, -0.15) is 0 Å². The van der Waals surface area contributed by atoms with Gasteiger partial charge in [0.05, 0.1) is 5.92 Å². The van der Waals surface area contributed by atoms with E-state index in [0.29, 0.717) is 24.8 Å². The molecule has 0 aromatic carbocycles. The van der Waals surface area contributed by atoms with Gasteiger partial charge in [0.15, 0.2) is 0 Å². The first-order valence-electron chi connectivity index (χ1n) is 6.61. The minimum Gasteiger partial charge on any atom is -0.481 e. The Bertz CT molecular complexity index is 304. The van der Waals surface area contributed by atoms with Crippen LogP contribution in [0, 0.1) is 17.8 Å². The number of carboxylic acid groups (broad SMARTS) is 1. The fourth-order valence-corrected chi connectivity index (χ4v) is 2.66. The molecule has 0 radical (unpaired) electrons. The van der Waals surface area contributed by atoms with Crippen LogP contribution >= 0.6 is 0 Å². The van der Waals surface area contributed by atoms with E-state index in [1.54, 1.807) is 0 Å². The Hall–Kier alpha value is -1.06. The van der Waals surface area contributed by atoms with Crippen LogP contribution in [-0.2, 0) is 9.59 Å². The number of carbonyl (C=O) groups is 2. The lowest BCUT2D eigenvalue weighted by molar-refractivity contribution is -0.144. The van der Waals surface area contributed by atoms with Gasteiger partial charge in [-0.15, -0.1) is 0 Å². The molecule has 1 unspecified atom stereocenters. The van der Waals surface area contributed by atoms with Gasteiger partial charge in [0.1, 0.15) is 0 Å². The van der Waals surface area contributed by atoms with Crippen molar-refractivity contribution in [3.63, 3.8) is 0 Å². The van der Waals surface area contributed by atoms with E-state index in [0.717, 1.165) is 12.8 Å². The van der Waals surface area contributed by atoms with Crippen molar-refractivity contribution in [3.8, 4) is 0 Å². The zero-order chi connectivity index (χ0) is 12.4. The molecule has 0 aromatic rings. The molecule has 0 aliphatic heterocycles. The van der Waals surface area contributed by atoms with E-state index in [-0.39, 0.29) is 17.7 Å². The zero-order valence-corrected chi connectivity index (χ0v) is 10.3. The third kappa shape index (κ3) is 3.20. The first-order valence-corrected chi connectivity index (χ1v) is 6.61. The topological polar surface area (TPSA) is 66.4 Å². The van der Waals surface area contributed by atoms with E-state index >= 15 is 0 Å². The van der Waals surface area contributed by atoms with E-state index in [4.69, 9.17) is 5.11 Å². The Kier molecular flexibility index (Phi) is 3.69. The van der Waals surface area contributed by atoms with E-state index in [2.05, 4.69) is 12.2 Å². The summed E-state index contributed by atoms with van der Waals surface area (Å²) in [6.07, 6.45) is 5.19. The third-order valence-corrected chi connectivity index (χ3v) is 4.15. The molecule has 2 aliphatic rings. The summed E-state index contributed by atoms with van der Waals surface area (Å²) in [6.45, 7) is 2.07. The van der Waals surface area contributed by atoms with Gasteiger partial charge in [-0.05, 0) is 51.4 Å². The predicted molar refractivity (Wildman–Crippen MR) is 63.4 cm³/mol. The van der Waals surface area contributed by atoms with Crippen molar-refractivity contribution in [2.45, 2.75) is 51.5 Å².